The summed E-state index contributed by atoms with van der Waals surface area (Å²) in [4.78, 5) is 5.88. The van der Waals surface area contributed by atoms with E-state index in [1.165, 1.54) is 4.88 Å². The van der Waals surface area contributed by atoms with Crippen LogP contribution in [0.15, 0.2) is 36.1 Å². The molecular formula is C25H35N7S. The van der Waals surface area contributed by atoms with Gasteiger partial charge >= 0.3 is 0 Å². The lowest BCUT2D eigenvalue weighted by molar-refractivity contribution is 0.170. The highest BCUT2D eigenvalue weighted by atomic mass is 32.1. The van der Waals surface area contributed by atoms with E-state index in [1.807, 2.05) is 31.8 Å². The monoisotopic (exact) mass is 465 g/mol. The van der Waals surface area contributed by atoms with Crippen LogP contribution in [0, 0.1) is 0 Å². The SMILES string of the molecule is CC.CC1(C)CC(Nc2ccc(C3CC=C(c4cn[nH]c4)c4ncsc43)nn2)CC(C)(C)N1. The van der Waals surface area contributed by atoms with E-state index in [0.717, 1.165) is 47.6 Å². The van der Waals surface area contributed by atoms with Gasteiger partial charge in [-0.05, 0) is 59.1 Å². The Kier molecular flexibility index (Phi) is 6.68. The number of allylic oxidation sites excluding steroid dienone is 1. The van der Waals surface area contributed by atoms with E-state index >= 15 is 0 Å². The first kappa shape index (κ1) is 23.6. The smallest absolute Gasteiger partial charge is 0.148 e. The second kappa shape index (κ2) is 9.35. The molecule has 1 aliphatic carbocycles. The highest BCUT2D eigenvalue weighted by Crippen LogP contribution is 2.41. The number of hydrogen-bond donors (Lipinski definition) is 3. The molecule has 0 amide bonds. The number of piperidine rings is 1. The lowest BCUT2D eigenvalue weighted by Gasteiger charge is -2.46. The first-order valence-corrected chi connectivity index (χ1v) is 12.7. The van der Waals surface area contributed by atoms with Gasteiger partial charge in [0.25, 0.3) is 0 Å². The normalized spacial score (nSPS) is 21.4. The fourth-order valence-corrected chi connectivity index (χ4v) is 6.22. The minimum absolute atomic E-state index is 0.0937. The summed E-state index contributed by atoms with van der Waals surface area (Å²) in [5, 5.41) is 23.5. The zero-order valence-electron chi connectivity index (χ0n) is 20.4. The number of aromatic nitrogens is 5. The van der Waals surface area contributed by atoms with Gasteiger partial charge in [-0.3, -0.25) is 5.10 Å². The van der Waals surface area contributed by atoms with Gasteiger partial charge in [0.1, 0.15) is 5.82 Å². The van der Waals surface area contributed by atoms with Crippen molar-refractivity contribution < 1.29 is 0 Å². The molecule has 1 fully saturated rings. The van der Waals surface area contributed by atoms with E-state index in [-0.39, 0.29) is 17.0 Å². The summed E-state index contributed by atoms with van der Waals surface area (Å²) >= 11 is 1.69. The van der Waals surface area contributed by atoms with Crippen molar-refractivity contribution in [3.63, 3.8) is 0 Å². The van der Waals surface area contributed by atoms with Crippen LogP contribution in [0.25, 0.3) is 5.57 Å². The molecule has 3 N–H and O–H groups in total. The summed E-state index contributed by atoms with van der Waals surface area (Å²) in [7, 11) is 0. The van der Waals surface area contributed by atoms with E-state index in [2.05, 4.69) is 81.9 Å². The largest absolute Gasteiger partial charge is 0.366 e. The van der Waals surface area contributed by atoms with Crippen molar-refractivity contribution >= 4 is 22.7 Å². The van der Waals surface area contributed by atoms with Crippen LogP contribution < -0.4 is 10.6 Å². The quantitative estimate of drug-likeness (QED) is 0.480. The Hall–Kier alpha value is -2.58. The van der Waals surface area contributed by atoms with Crippen LogP contribution in [0.1, 0.15) is 88.6 Å². The predicted molar refractivity (Wildman–Crippen MR) is 136 cm³/mol. The molecule has 8 heteroatoms. The van der Waals surface area contributed by atoms with Gasteiger partial charge in [-0.2, -0.15) is 10.2 Å². The van der Waals surface area contributed by atoms with Crippen LogP contribution in [0.5, 0.6) is 0 Å². The highest BCUT2D eigenvalue weighted by molar-refractivity contribution is 7.10. The van der Waals surface area contributed by atoms with Crippen molar-refractivity contribution in [2.75, 3.05) is 5.32 Å². The molecule has 1 unspecified atom stereocenters. The fourth-order valence-electron chi connectivity index (χ4n) is 5.29. The second-order valence-electron chi connectivity index (χ2n) is 9.94. The van der Waals surface area contributed by atoms with Gasteiger partial charge in [-0.25, -0.2) is 4.98 Å². The van der Waals surface area contributed by atoms with E-state index in [1.54, 1.807) is 11.3 Å². The van der Waals surface area contributed by atoms with E-state index in [4.69, 9.17) is 0 Å². The minimum atomic E-state index is 0.0937. The number of hydrogen-bond acceptors (Lipinski definition) is 7. The highest BCUT2D eigenvalue weighted by Gasteiger charge is 2.37. The number of H-pyrrole nitrogens is 1. The molecule has 4 heterocycles. The van der Waals surface area contributed by atoms with Crippen molar-refractivity contribution in [1.82, 2.24) is 30.7 Å². The lowest BCUT2D eigenvalue weighted by atomic mass is 9.79. The number of aromatic amines is 1. The number of rotatable bonds is 4. The Bertz CT molecular complexity index is 1060. The summed E-state index contributed by atoms with van der Waals surface area (Å²) in [6.07, 6.45) is 8.98. The predicted octanol–water partition coefficient (Wildman–Crippen LogP) is 5.37. The fraction of sp³-hybridized carbons (Fsp3) is 0.520. The van der Waals surface area contributed by atoms with E-state index in [9.17, 15) is 0 Å². The summed E-state index contributed by atoms with van der Waals surface area (Å²) in [6.45, 7) is 13.0. The Morgan fingerprint density at radius 1 is 1.06 bits per heavy atom. The van der Waals surface area contributed by atoms with E-state index < -0.39 is 0 Å². The van der Waals surface area contributed by atoms with Gasteiger partial charge in [0.2, 0.25) is 0 Å². The number of anilines is 1. The standard InChI is InChI=1S/C23H29N7S.C2H6/c1-22(2)9-15(10-23(3,4)30-22)27-19-8-7-18(28-29-19)17-6-5-16(14-11-25-26-12-14)20-21(17)31-13-24-20;1-2/h5,7-8,11-13,15,17,30H,6,9-10H2,1-4H3,(H,25,26)(H,27,29);1-2H3. The van der Waals surface area contributed by atoms with Gasteiger partial charge < -0.3 is 10.6 Å². The zero-order valence-corrected chi connectivity index (χ0v) is 21.3. The number of thiazole rings is 1. The maximum absolute atomic E-state index is 4.63. The first-order chi connectivity index (χ1) is 15.8. The Balaban J connectivity index is 0.00000126. The molecule has 1 aliphatic heterocycles. The van der Waals surface area contributed by atoms with Crippen molar-refractivity contribution in [2.24, 2.45) is 0 Å². The second-order valence-corrected chi connectivity index (χ2v) is 10.8. The van der Waals surface area contributed by atoms with Crippen molar-refractivity contribution in [1.29, 1.82) is 0 Å². The Morgan fingerprint density at radius 3 is 2.45 bits per heavy atom. The number of fused-ring (bicyclic) bond motifs is 1. The van der Waals surface area contributed by atoms with Gasteiger partial charge in [-0.1, -0.05) is 19.9 Å². The average Bonchev–Trinajstić information content (AvgIpc) is 3.45. The number of nitrogens with one attached hydrogen (secondary N) is 3. The third kappa shape index (κ3) is 5.17. The van der Waals surface area contributed by atoms with Crippen molar-refractivity contribution in [3.8, 4) is 0 Å². The summed E-state index contributed by atoms with van der Waals surface area (Å²) < 4.78 is 0. The summed E-state index contributed by atoms with van der Waals surface area (Å²) in [6, 6.07) is 4.55. The Labute approximate surface area is 200 Å². The first-order valence-electron chi connectivity index (χ1n) is 11.8. The molecule has 33 heavy (non-hydrogen) atoms. The molecule has 5 rings (SSSR count). The van der Waals surface area contributed by atoms with Gasteiger partial charge in [0, 0.05) is 45.2 Å². The molecule has 1 saturated heterocycles. The molecular weight excluding hydrogens is 430 g/mol. The molecule has 0 radical (unpaired) electrons. The van der Waals surface area contributed by atoms with Crippen LogP contribution in [0.3, 0.4) is 0 Å². The third-order valence-electron chi connectivity index (χ3n) is 6.12. The van der Waals surface area contributed by atoms with Crippen LogP contribution in [-0.2, 0) is 0 Å². The molecule has 0 spiro atoms. The molecule has 0 saturated carbocycles. The molecule has 1 atom stereocenters. The van der Waals surface area contributed by atoms with Crippen molar-refractivity contribution in [2.45, 2.75) is 83.8 Å². The molecule has 3 aromatic rings. The lowest BCUT2D eigenvalue weighted by Crippen LogP contribution is -2.60. The van der Waals surface area contributed by atoms with Crippen LogP contribution >= 0.6 is 11.3 Å². The topological polar surface area (TPSA) is 91.4 Å². The Morgan fingerprint density at radius 2 is 1.82 bits per heavy atom. The van der Waals surface area contributed by atoms with Gasteiger partial charge in [-0.15, -0.1) is 16.4 Å². The molecule has 0 aromatic carbocycles. The zero-order chi connectivity index (χ0) is 23.6. The molecule has 7 nitrogen and oxygen atoms in total. The van der Waals surface area contributed by atoms with Crippen LogP contribution in [0.2, 0.25) is 0 Å². The molecule has 3 aromatic heterocycles. The number of nitrogens with zero attached hydrogens (tertiary/aromatic N) is 4. The van der Waals surface area contributed by atoms with Crippen LogP contribution in [-0.4, -0.2) is 42.5 Å². The maximum atomic E-state index is 4.63. The molecule has 0 bridgehead atoms. The maximum Gasteiger partial charge on any atom is 0.148 e. The van der Waals surface area contributed by atoms with Crippen molar-refractivity contribution in [3.05, 3.63) is 57.9 Å². The summed E-state index contributed by atoms with van der Waals surface area (Å²) in [5.74, 6) is 1.04. The third-order valence-corrected chi connectivity index (χ3v) is 7.06. The van der Waals surface area contributed by atoms with E-state index in [0.29, 0.717) is 6.04 Å². The molecule has 176 valence electrons. The molecule has 2 aliphatic rings. The van der Waals surface area contributed by atoms with Gasteiger partial charge in [0.05, 0.1) is 23.1 Å². The van der Waals surface area contributed by atoms with Gasteiger partial charge in [0.15, 0.2) is 0 Å². The minimum Gasteiger partial charge on any atom is -0.366 e. The average molecular weight is 466 g/mol. The van der Waals surface area contributed by atoms with Crippen LogP contribution in [0.4, 0.5) is 5.82 Å². The summed E-state index contributed by atoms with van der Waals surface area (Å²) in [5.41, 5.74) is 6.34.